The zero-order chi connectivity index (χ0) is 14.0. The molecule has 1 saturated carbocycles. The fourth-order valence-corrected chi connectivity index (χ4v) is 2.50. The van der Waals surface area contributed by atoms with Crippen LogP contribution in [0, 0.1) is 17.7 Å². The molecule has 1 fully saturated rings. The Balaban J connectivity index is 2.08. The normalized spacial score (nSPS) is 22.2. The van der Waals surface area contributed by atoms with Crippen molar-refractivity contribution in [3.8, 4) is 0 Å². The van der Waals surface area contributed by atoms with Gasteiger partial charge in [0.05, 0.1) is 16.9 Å². The minimum atomic E-state index is -0.958. The summed E-state index contributed by atoms with van der Waals surface area (Å²) in [5.41, 5.74) is 0.280. The Labute approximate surface area is 114 Å². The van der Waals surface area contributed by atoms with Crippen LogP contribution >= 0.6 is 11.6 Å². The predicted octanol–water partition coefficient (Wildman–Crippen LogP) is 2.92. The van der Waals surface area contributed by atoms with Gasteiger partial charge in [-0.25, -0.2) is 4.39 Å². The quantitative estimate of drug-likeness (QED) is 0.897. The second kappa shape index (κ2) is 5.57. The van der Waals surface area contributed by atoms with Gasteiger partial charge in [0.2, 0.25) is 5.91 Å². The van der Waals surface area contributed by atoms with Crippen LogP contribution in [0.4, 0.5) is 10.1 Å². The van der Waals surface area contributed by atoms with E-state index in [0.717, 1.165) is 6.07 Å². The molecule has 0 radical (unpaired) electrons. The summed E-state index contributed by atoms with van der Waals surface area (Å²) in [5.74, 6) is -3.18. The van der Waals surface area contributed by atoms with Gasteiger partial charge in [0.1, 0.15) is 5.82 Å². The Kier molecular flexibility index (Phi) is 4.04. The lowest BCUT2D eigenvalue weighted by Gasteiger charge is -2.15. The maximum atomic E-state index is 13.2. The smallest absolute Gasteiger partial charge is 0.307 e. The van der Waals surface area contributed by atoms with Gasteiger partial charge >= 0.3 is 5.97 Å². The van der Waals surface area contributed by atoms with Crippen LogP contribution in [0.3, 0.4) is 0 Å². The molecule has 1 aromatic carbocycles. The maximum absolute atomic E-state index is 13.2. The third kappa shape index (κ3) is 3.04. The molecule has 1 aliphatic rings. The summed E-state index contributed by atoms with van der Waals surface area (Å²) in [5, 5.41) is 11.5. The fourth-order valence-electron chi connectivity index (χ4n) is 2.38. The highest BCUT2D eigenvalue weighted by Gasteiger charge is 2.37. The Morgan fingerprint density at radius 2 is 2.00 bits per heavy atom. The van der Waals surface area contributed by atoms with Crippen LogP contribution in [-0.2, 0) is 9.59 Å². The highest BCUT2D eigenvalue weighted by Crippen LogP contribution is 2.33. The Bertz CT molecular complexity index is 521. The molecule has 0 saturated heterocycles. The van der Waals surface area contributed by atoms with Crippen LogP contribution in [0.1, 0.15) is 19.3 Å². The van der Waals surface area contributed by atoms with Gasteiger partial charge in [0.15, 0.2) is 0 Å². The molecule has 2 atom stereocenters. The van der Waals surface area contributed by atoms with Crippen LogP contribution in [0.2, 0.25) is 5.02 Å². The number of aliphatic carboxylic acids is 1. The number of carboxylic acids is 1. The lowest BCUT2D eigenvalue weighted by molar-refractivity contribution is -0.145. The van der Waals surface area contributed by atoms with Gasteiger partial charge in [-0.15, -0.1) is 0 Å². The van der Waals surface area contributed by atoms with Crippen molar-refractivity contribution in [2.75, 3.05) is 5.32 Å². The van der Waals surface area contributed by atoms with Gasteiger partial charge in [0.25, 0.3) is 0 Å². The number of halogens is 2. The van der Waals surface area contributed by atoms with Crippen molar-refractivity contribution in [3.63, 3.8) is 0 Å². The number of anilines is 1. The molecular weight excluding hydrogens is 273 g/mol. The first-order valence-corrected chi connectivity index (χ1v) is 6.35. The molecular formula is C13H13ClFNO3. The molecule has 0 aliphatic heterocycles. The second-order valence-corrected chi connectivity index (χ2v) is 5.01. The highest BCUT2D eigenvalue weighted by atomic mass is 35.5. The predicted molar refractivity (Wildman–Crippen MR) is 68.5 cm³/mol. The second-order valence-electron chi connectivity index (χ2n) is 4.60. The summed E-state index contributed by atoms with van der Waals surface area (Å²) in [6.07, 6.45) is 1.76. The Morgan fingerprint density at radius 3 is 2.63 bits per heavy atom. The van der Waals surface area contributed by atoms with Crippen LogP contribution in [0.15, 0.2) is 18.2 Å². The lowest BCUT2D eigenvalue weighted by Crippen LogP contribution is -2.30. The first-order valence-electron chi connectivity index (χ1n) is 5.98. The average molecular weight is 286 g/mol. The van der Waals surface area contributed by atoms with E-state index in [9.17, 15) is 14.0 Å². The van der Waals surface area contributed by atoms with E-state index >= 15 is 0 Å². The number of nitrogens with one attached hydrogen (secondary N) is 1. The molecule has 0 aromatic heterocycles. The molecule has 1 amide bonds. The Hall–Kier alpha value is -1.62. The van der Waals surface area contributed by atoms with E-state index in [1.807, 2.05) is 0 Å². The minimum Gasteiger partial charge on any atom is -0.481 e. The number of carbonyl (C=O) groups is 2. The van der Waals surface area contributed by atoms with Crippen LogP contribution in [0.25, 0.3) is 0 Å². The Morgan fingerprint density at radius 1 is 1.32 bits per heavy atom. The van der Waals surface area contributed by atoms with E-state index in [2.05, 4.69) is 5.32 Å². The van der Waals surface area contributed by atoms with Gasteiger partial charge in [-0.1, -0.05) is 18.0 Å². The van der Waals surface area contributed by atoms with Gasteiger partial charge in [-0.05, 0) is 31.0 Å². The van der Waals surface area contributed by atoms with Crippen LogP contribution in [-0.4, -0.2) is 17.0 Å². The van der Waals surface area contributed by atoms with Crippen molar-refractivity contribution in [2.45, 2.75) is 19.3 Å². The molecule has 2 N–H and O–H groups in total. The molecule has 0 bridgehead atoms. The molecule has 2 rings (SSSR count). The molecule has 6 heteroatoms. The fraction of sp³-hybridized carbons (Fsp3) is 0.385. The first-order chi connectivity index (χ1) is 8.99. The average Bonchev–Trinajstić information content (AvgIpc) is 2.83. The number of hydrogen-bond donors (Lipinski definition) is 2. The van der Waals surface area contributed by atoms with Crippen molar-refractivity contribution in [2.24, 2.45) is 11.8 Å². The minimum absolute atomic E-state index is 0.0257. The maximum Gasteiger partial charge on any atom is 0.307 e. The highest BCUT2D eigenvalue weighted by molar-refractivity contribution is 6.30. The van der Waals surface area contributed by atoms with Gasteiger partial charge in [-0.3, -0.25) is 9.59 Å². The number of carbonyl (C=O) groups excluding carboxylic acids is 1. The molecule has 1 aliphatic carbocycles. The van der Waals surface area contributed by atoms with E-state index in [1.54, 1.807) is 0 Å². The van der Waals surface area contributed by atoms with E-state index in [-0.39, 0.29) is 16.6 Å². The molecule has 0 unspecified atom stereocenters. The molecule has 0 spiro atoms. The monoisotopic (exact) mass is 285 g/mol. The molecule has 19 heavy (non-hydrogen) atoms. The summed E-state index contributed by atoms with van der Waals surface area (Å²) in [6, 6.07) is 3.94. The van der Waals surface area contributed by atoms with E-state index < -0.39 is 23.6 Å². The number of carboxylic acid groups (broad SMARTS) is 1. The van der Waals surface area contributed by atoms with Crippen molar-refractivity contribution >= 4 is 29.2 Å². The largest absolute Gasteiger partial charge is 0.481 e. The lowest BCUT2D eigenvalue weighted by atomic mass is 9.95. The SMILES string of the molecule is O=C(O)[C@H]1CCC[C@H]1C(=O)Nc1ccc(Cl)c(F)c1. The summed E-state index contributed by atoms with van der Waals surface area (Å²) in [7, 11) is 0. The zero-order valence-electron chi connectivity index (χ0n) is 10.0. The summed E-state index contributed by atoms with van der Waals surface area (Å²) in [4.78, 5) is 23.0. The van der Waals surface area contributed by atoms with Crippen LogP contribution in [0.5, 0.6) is 0 Å². The number of amides is 1. The molecule has 0 heterocycles. The standard InChI is InChI=1S/C13H13ClFNO3/c14-10-5-4-7(6-11(10)15)16-12(17)8-2-1-3-9(8)13(18)19/h4-6,8-9H,1-3H2,(H,16,17)(H,18,19)/t8-,9+/m1/s1. The van der Waals surface area contributed by atoms with Crippen molar-refractivity contribution in [1.29, 1.82) is 0 Å². The summed E-state index contributed by atoms with van der Waals surface area (Å²) < 4.78 is 13.2. The van der Waals surface area contributed by atoms with E-state index in [4.69, 9.17) is 16.7 Å². The van der Waals surface area contributed by atoms with Crippen LogP contribution < -0.4 is 5.32 Å². The third-order valence-corrected chi connectivity index (χ3v) is 3.66. The summed E-state index contributed by atoms with van der Waals surface area (Å²) >= 11 is 5.54. The van der Waals surface area contributed by atoms with Gasteiger partial charge in [0, 0.05) is 5.69 Å². The topological polar surface area (TPSA) is 66.4 Å². The van der Waals surface area contributed by atoms with E-state index in [1.165, 1.54) is 12.1 Å². The molecule has 1 aromatic rings. The molecule has 4 nitrogen and oxygen atoms in total. The number of hydrogen-bond acceptors (Lipinski definition) is 2. The number of benzene rings is 1. The number of rotatable bonds is 3. The molecule has 102 valence electrons. The van der Waals surface area contributed by atoms with Crippen molar-refractivity contribution in [1.82, 2.24) is 0 Å². The third-order valence-electron chi connectivity index (χ3n) is 3.36. The van der Waals surface area contributed by atoms with Gasteiger partial charge in [-0.2, -0.15) is 0 Å². The zero-order valence-corrected chi connectivity index (χ0v) is 10.8. The van der Waals surface area contributed by atoms with Crippen molar-refractivity contribution < 1.29 is 19.1 Å². The van der Waals surface area contributed by atoms with Gasteiger partial charge < -0.3 is 10.4 Å². The summed E-state index contributed by atoms with van der Waals surface area (Å²) in [6.45, 7) is 0. The van der Waals surface area contributed by atoms with E-state index in [0.29, 0.717) is 19.3 Å². The van der Waals surface area contributed by atoms with Crippen molar-refractivity contribution in [3.05, 3.63) is 29.0 Å². The first kappa shape index (κ1) is 13.8.